The average molecular weight is 240 g/mol. The molecule has 0 saturated heterocycles. The third-order valence-electron chi connectivity index (χ3n) is 2.30. The maximum atomic E-state index is 5.64. The Morgan fingerprint density at radius 1 is 0.938 bits per heavy atom. The standard InChI is InChI=1S/C14H28OSi/c1-5-6-7-8-9-10-11-12-13-14-15-16(2,3)4/h5,13-14H,1,6-12H2,2-4H3/b14-13+. The molecule has 0 saturated carbocycles. The molecule has 0 amide bonds. The first-order valence-electron chi connectivity index (χ1n) is 6.50. The summed E-state index contributed by atoms with van der Waals surface area (Å²) < 4.78 is 5.64. The molecular formula is C14H28OSi. The van der Waals surface area contributed by atoms with Crippen LogP contribution in [0.15, 0.2) is 25.0 Å². The van der Waals surface area contributed by atoms with Crippen molar-refractivity contribution in [2.75, 3.05) is 0 Å². The normalized spacial score (nSPS) is 11.9. The lowest BCUT2D eigenvalue weighted by molar-refractivity contribution is 0.475. The van der Waals surface area contributed by atoms with Crippen molar-refractivity contribution in [2.45, 2.75) is 64.6 Å². The van der Waals surface area contributed by atoms with Crippen LogP contribution in [0, 0.1) is 0 Å². The van der Waals surface area contributed by atoms with E-state index in [0.717, 1.165) is 6.42 Å². The van der Waals surface area contributed by atoms with Gasteiger partial charge in [0.15, 0.2) is 0 Å². The van der Waals surface area contributed by atoms with Crippen molar-refractivity contribution < 1.29 is 4.43 Å². The van der Waals surface area contributed by atoms with Gasteiger partial charge < -0.3 is 4.43 Å². The Bertz CT molecular complexity index is 191. The zero-order chi connectivity index (χ0) is 12.3. The average Bonchev–Trinajstić information content (AvgIpc) is 2.19. The molecular weight excluding hydrogens is 212 g/mol. The second kappa shape index (κ2) is 9.70. The molecule has 1 nitrogen and oxygen atoms in total. The highest BCUT2D eigenvalue weighted by Crippen LogP contribution is 2.08. The molecule has 0 unspecified atom stereocenters. The summed E-state index contributed by atoms with van der Waals surface area (Å²) in [5, 5.41) is 0. The lowest BCUT2D eigenvalue weighted by Gasteiger charge is -2.14. The van der Waals surface area contributed by atoms with Crippen LogP contribution in [0.3, 0.4) is 0 Å². The van der Waals surface area contributed by atoms with Gasteiger partial charge in [0.25, 0.3) is 0 Å². The number of allylic oxidation sites excluding steroid dienone is 2. The Morgan fingerprint density at radius 2 is 1.50 bits per heavy atom. The van der Waals surface area contributed by atoms with Gasteiger partial charge in [-0.25, -0.2) is 0 Å². The lowest BCUT2D eigenvalue weighted by atomic mass is 10.1. The molecule has 0 atom stereocenters. The summed E-state index contributed by atoms with van der Waals surface area (Å²) in [5.41, 5.74) is 0. The molecule has 16 heavy (non-hydrogen) atoms. The van der Waals surface area contributed by atoms with Gasteiger partial charge in [0, 0.05) is 0 Å². The van der Waals surface area contributed by atoms with Gasteiger partial charge in [-0.2, -0.15) is 0 Å². The fraction of sp³-hybridized carbons (Fsp3) is 0.714. The SMILES string of the molecule is C=CCCCCCCC/C=C/O[Si](C)(C)C. The van der Waals surface area contributed by atoms with Crippen LogP contribution in [0.4, 0.5) is 0 Å². The Balaban J connectivity index is 3.17. The van der Waals surface area contributed by atoms with Crippen molar-refractivity contribution in [3.05, 3.63) is 25.0 Å². The van der Waals surface area contributed by atoms with Crippen molar-refractivity contribution in [3.63, 3.8) is 0 Å². The third kappa shape index (κ3) is 13.5. The van der Waals surface area contributed by atoms with Gasteiger partial charge in [0.05, 0.1) is 6.26 Å². The second-order valence-corrected chi connectivity index (χ2v) is 9.70. The Kier molecular flexibility index (Phi) is 9.40. The molecule has 0 radical (unpaired) electrons. The molecule has 0 rings (SSSR count). The van der Waals surface area contributed by atoms with Gasteiger partial charge in [-0.1, -0.05) is 31.4 Å². The highest BCUT2D eigenvalue weighted by molar-refractivity contribution is 6.69. The second-order valence-electron chi connectivity index (χ2n) is 5.24. The van der Waals surface area contributed by atoms with Crippen molar-refractivity contribution in [2.24, 2.45) is 0 Å². The van der Waals surface area contributed by atoms with E-state index < -0.39 is 8.32 Å². The molecule has 0 aliphatic rings. The monoisotopic (exact) mass is 240 g/mol. The smallest absolute Gasteiger partial charge is 0.241 e. The first-order chi connectivity index (χ1) is 7.56. The van der Waals surface area contributed by atoms with Crippen LogP contribution < -0.4 is 0 Å². The molecule has 0 heterocycles. The Morgan fingerprint density at radius 3 is 2.06 bits per heavy atom. The molecule has 94 valence electrons. The highest BCUT2D eigenvalue weighted by Gasteiger charge is 2.12. The largest absolute Gasteiger partial charge is 0.550 e. The van der Waals surface area contributed by atoms with Gasteiger partial charge >= 0.3 is 0 Å². The predicted octanol–water partition coefficient (Wildman–Crippen LogP) is 5.27. The minimum atomic E-state index is -1.34. The van der Waals surface area contributed by atoms with Crippen LogP contribution in [-0.4, -0.2) is 8.32 Å². The zero-order valence-electron chi connectivity index (χ0n) is 11.3. The van der Waals surface area contributed by atoms with E-state index in [2.05, 4.69) is 32.3 Å². The maximum absolute atomic E-state index is 5.64. The van der Waals surface area contributed by atoms with Gasteiger partial charge in [-0.15, -0.1) is 6.58 Å². The molecule has 0 aromatic heterocycles. The lowest BCUT2D eigenvalue weighted by Crippen LogP contribution is -2.21. The quantitative estimate of drug-likeness (QED) is 0.219. The van der Waals surface area contributed by atoms with Gasteiger partial charge in [-0.3, -0.25) is 0 Å². The van der Waals surface area contributed by atoms with Crippen LogP contribution in [0.25, 0.3) is 0 Å². The fourth-order valence-corrected chi connectivity index (χ4v) is 1.91. The van der Waals surface area contributed by atoms with Crippen molar-refractivity contribution in [3.8, 4) is 0 Å². The third-order valence-corrected chi connectivity index (χ3v) is 3.14. The summed E-state index contributed by atoms with van der Waals surface area (Å²) in [6, 6.07) is 0. The summed E-state index contributed by atoms with van der Waals surface area (Å²) in [6.07, 6.45) is 15.1. The number of hydrogen-bond acceptors (Lipinski definition) is 1. The van der Waals surface area contributed by atoms with E-state index in [9.17, 15) is 0 Å². The minimum Gasteiger partial charge on any atom is -0.550 e. The molecule has 0 aromatic rings. The maximum Gasteiger partial charge on any atom is 0.241 e. The number of hydrogen-bond donors (Lipinski definition) is 0. The number of unbranched alkanes of at least 4 members (excludes halogenated alkanes) is 6. The van der Waals surface area contributed by atoms with Crippen molar-refractivity contribution >= 4 is 8.32 Å². The van der Waals surface area contributed by atoms with Crippen LogP contribution in [0.5, 0.6) is 0 Å². The topological polar surface area (TPSA) is 9.23 Å². The summed E-state index contributed by atoms with van der Waals surface area (Å²) in [6.45, 7) is 10.3. The summed E-state index contributed by atoms with van der Waals surface area (Å²) >= 11 is 0. The Hall–Kier alpha value is -0.503. The van der Waals surface area contributed by atoms with Crippen molar-refractivity contribution in [1.29, 1.82) is 0 Å². The molecule has 2 heteroatoms. The van der Waals surface area contributed by atoms with E-state index in [1.807, 2.05) is 12.3 Å². The van der Waals surface area contributed by atoms with E-state index in [-0.39, 0.29) is 0 Å². The summed E-state index contributed by atoms with van der Waals surface area (Å²) in [5.74, 6) is 0. The van der Waals surface area contributed by atoms with Crippen molar-refractivity contribution in [1.82, 2.24) is 0 Å². The first-order valence-corrected chi connectivity index (χ1v) is 9.91. The summed E-state index contributed by atoms with van der Waals surface area (Å²) in [4.78, 5) is 0. The molecule has 0 aliphatic heterocycles. The number of rotatable bonds is 10. The fourth-order valence-electron chi connectivity index (χ4n) is 1.40. The first kappa shape index (κ1) is 15.5. The molecule has 0 N–H and O–H groups in total. The van der Waals surface area contributed by atoms with Gasteiger partial charge in [0.1, 0.15) is 0 Å². The molecule has 0 spiro atoms. The van der Waals surface area contributed by atoms with E-state index in [0.29, 0.717) is 0 Å². The van der Waals surface area contributed by atoms with E-state index >= 15 is 0 Å². The van der Waals surface area contributed by atoms with Crippen LogP contribution in [0.1, 0.15) is 44.9 Å². The molecule has 0 bridgehead atoms. The van der Waals surface area contributed by atoms with Crippen LogP contribution >= 0.6 is 0 Å². The zero-order valence-corrected chi connectivity index (χ0v) is 12.3. The highest BCUT2D eigenvalue weighted by atomic mass is 28.4. The van der Waals surface area contributed by atoms with E-state index in [1.54, 1.807) is 0 Å². The minimum absolute atomic E-state index is 1.16. The van der Waals surface area contributed by atoms with Crippen LogP contribution in [-0.2, 0) is 4.43 Å². The van der Waals surface area contributed by atoms with E-state index in [1.165, 1.54) is 38.5 Å². The van der Waals surface area contributed by atoms with Gasteiger partial charge in [0.2, 0.25) is 8.32 Å². The van der Waals surface area contributed by atoms with Gasteiger partial charge in [-0.05, 0) is 45.3 Å². The molecule has 0 aromatic carbocycles. The molecule has 0 fully saturated rings. The predicted molar refractivity (Wildman–Crippen MR) is 76.1 cm³/mol. The van der Waals surface area contributed by atoms with Crippen LogP contribution in [0.2, 0.25) is 19.6 Å². The van der Waals surface area contributed by atoms with E-state index in [4.69, 9.17) is 4.43 Å². The summed E-state index contributed by atoms with van der Waals surface area (Å²) in [7, 11) is -1.34. The molecule has 0 aliphatic carbocycles. The Labute approximate surface area is 103 Å².